The number of rotatable bonds is 6. The van der Waals surface area contributed by atoms with Crippen LogP contribution in [0.1, 0.15) is 42.7 Å². The van der Waals surface area contributed by atoms with Crippen molar-refractivity contribution in [1.29, 1.82) is 0 Å². The van der Waals surface area contributed by atoms with Gasteiger partial charge < -0.3 is 30.1 Å². The number of nitrogens with zero attached hydrogens (tertiary/aromatic N) is 4. The second-order valence-electron chi connectivity index (χ2n) is 10.6. The van der Waals surface area contributed by atoms with Gasteiger partial charge in [0.05, 0.1) is 24.3 Å². The second kappa shape index (κ2) is 12.2. The fourth-order valence-electron chi connectivity index (χ4n) is 5.94. The second-order valence-corrected chi connectivity index (χ2v) is 10.6. The van der Waals surface area contributed by atoms with Crippen LogP contribution in [0.3, 0.4) is 0 Å². The highest BCUT2D eigenvalue weighted by atomic mass is 19.2. The molecule has 0 radical (unpaired) electrons. The normalized spacial score (nSPS) is 22.0. The predicted molar refractivity (Wildman–Crippen MR) is 146 cm³/mol. The number of likely N-dealkylation sites (tertiary alicyclic amines) is 2. The molecule has 40 heavy (non-hydrogen) atoms. The lowest BCUT2D eigenvalue weighted by molar-refractivity contribution is -0.133. The van der Waals surface area contributed by atoms with Gasteiger partial charge in [-0.25, -0.2) is 13.6 Å². The molecule has 2 saturated heterocycles. The molecule has 0 saturated carbocycles. The molecule has 3 amide bonds. The molecule has 9 nitrogen and oxygen atoms in total. The van der Waals surface area contributed by atoms with Gasteiger partial charge in [0, 0.05) is 58.0 Å². The van der Waals surface area contributed by atoms with E-state index >= 15 is 0 Å². The number of anilines is 1. The molecule has 1 aromatic carbocycles. The topological polar surface area (TPSA) is 90.0 Å². The zero-order chi connectivity index (χ0) is 28.2. The molecule has 0 aliphatic carbocycles. The van der Waals surface area contributed by atoms with E-state index in [0.717, 1.165) is 42.5 Å². The van der Waals surface area contributed by atoms with Crippen molar-refractivity contribution in [2.24, 2.45) is 0 Å². The minimum absolute atomic E-state index is 0.229. The van der Waals surface area contributed by atoms with E-state index in [4.69, 9.17) is 4.74 Å². The fraction of sp³-hybridized carbons (Fsp3) is 0.483. The first-order valence-electron chi connectivity index (χ1n) is 13.8. The van der Waals surface area contributed by atoms with Gasteiger partial charge in [-0.05, 0) is 48.9 Å². The van der Waals surface area contributed by atoms with E-state index in [1.54, 1.807) is 35.4 Å². The van der Waals surface area contributed by atoms with Crippen molar-refractivity contribution in [2.75, 3.05) is 45.2 Å². The van der Waals surface area contributed by atoms with Gasteiger partial charge in [-0.2, -0.15) is 0 Å². The number of amides is 3. The first-order valence-corrected chi connectivity index (χ1v) is 13.8. The molecule has 2 atom stereocenters. The van der Waals surface area contributed by atoms with Gasteiger partial charge in [0.2, 0.25) is 5.91 Å². The molecule has 3 aliphatic heterocycles. The number of fused-ring (bicyclic) bond motifs is 1. The van der Waals surface area contributed by atoms with Crippen LogP contribution in [0.15, 0.2) is 49.1 Å². The van der Waals surface area contributed by atoms with Crippen molar-refractivity contribution in [3.05, 3.63) is 71.8 Å². The molecule has 2 fully saturated rings. The van der Waals surface area contributed by atoms with Crippen LogP contribution in [0.5, 0.6) is 0 Å². The molecule has 4 heterocycles. The largest absolute Gasteiger partial charge is 0.383 e. The third-order valence-corrected chi connectivity index (χ3v) is 8.21. The van der Waals surface area contributed by atoms with Crippen LogP contribution in [-0.4, -0.2) is 83.6 Å². The summed E-state index contributed by atoms with van der Waals surface area (Å²) in [6, 6.07) is 5.32. The smallest absolute Gasteiger partial charge is 0.318 e. The van der Waals surface area contributed by atoms with Crippen LogP contribution in [0, 0.1) is 11.6 Å². The van der Waals surface area contributed by atoms with Crippen LogP contribution < -0.4 is 10.6 Å². The van der Waals surface area contributed by atoms with Crippen molar-refractivity contribution in [3.8, 4) is 0 Å². The first kappa shape index (κ1) is 27.8. The Morgan fingerprint density at radius 3 is 2.77 bits per heavy atom. The average molecular weight is 555 g/mol. The zero-order valence-electron chi connectivity index (χ0n) is 22.7. The molecule has 2 aromatic rings. The number of hydrogen-bond acceptors (Lipinski definition) is 6. The van der Waals surface area contributed by atoms with Gasteiger partial charge in [0.15, 0.2) is 11.6 Å². The van der Waals surface area contributed by atoms with E-state index in [2.05, 4.69) is 27.1 Å². The highest BCUT2D eigenvalue weighted by Gasteiger charge is 2.36. The Hall–Kier alpha value is -3.73. The maximum Gasteiger partial charge on any atom is 0.318 e. The summed E-state index contributed by atoms with van der Waals surface area (Å²) in [5, 5.41) is 6.26. The molecular weight excluding hydrogens is 518 g/mol. The lowest BCUT2D eigenvalue weighted by atomic mass is 9.93. The number of halogens is 2. The number of hydrogen-bond donors (Lipinski definition) is 2. The molecule has 0 spiro atoms. The summed E-state index contributed by atoms with van der Waals surface area (Å²) in [6.07, 6.45) is 5.89. The number of methoxy groups -OCH3 is 1. The Morgan fingerprint density at radius 1 is 1.20 bits per heavy atom. The maximum absolute atomic E-state index is 14.6. The molecule has 11 heteroatoms. The highest BCUT2D eigenvalue weighted by Crippen LogP contribution is 2.32. The van der Waals surface area contributed by atoms with Gasteiger partial charge in [-0.3, -0.25) is 9.78 Å². The Labute approximate surface area is 233 Å². The van der Waals surface area contributed by atoms with Crippen molar-refractivity contribution >= 4 is 17.6 Å². The van der Waals surface area contributed by atoms with Crippen LogP contribution in [-0.2, 0) is 16.1 Å². The standard InChI is InChI=1S/C29H36F2N6O3/c1-19-33-26-16-32-11-8-21(26)18-37(19)22-9-12-35(13-10-22)29(39)34-25-7-6-20(17-36(28(25)38)14-15-40-2)23-4-3-5-24(30)27(23)31/h3-5,8,11,16,20,22,25,33H,1,6-7,9-10,12-15,17-18H2,2H3,(H,34,39)/t20-,25-/m1/s1. The van der Waals surface area contributed by atoms with Gasteiger partial charge in [0.1, 0.15) is 6.04 Å². The van der Waals surface area contributed by atoms with E-state index in [-0.39, 0.29) is 36.0 Å². The van der Waals surface area contributed by atoms with Gasteiger partial charge in [-0.15, -0.1) is 0 Å². The monoisotopic (exact) mass is 554 g/mol. The van der Waals surface area contributed by atoms with E-state index in [1.165, 1.54) is 6.07 Å². The lowest BCUT2D eigenvalue weighted by Crippen LogP contribution is -2.54. The van der Waals surface area contributed by atoms with E-state index in [0.29, 0.717) is 39.1 Å². The van der Waals surface area contributed by atoms with Gasteiger partial charge in [0.25, 0.3) is 0 Å². The molecule has 5 rings (SSSR count). The Morgan fingerprint density at radius 2 is 2.00 bits per heavy atom. The number of ether oxygens (including phenoxy) is 1. The molecule has 0 unspecified atom stereocenters. The average Bonchev–Trinajstić information content (AvgIpc) is 3.11. The summed E-state index contributed by atoms with van der Waals surface area (Å²) in [4.78, 5) is 36.4. The maximum atomic E-state index is 14.6. The minimum atomic E-state index is -0.908. The molecule has 2 N–H and O–H groups in total. The van der Waals surface area contributed by atoms with Gasteiger partial charge >= 0.3 is 6.03 Å². The summed E-state index contributed by atoms with van der Waals surface area (Å²) in [7, 11) is 1.54. The molecule has 214 valence electrons. The van der Waals surface area contributed by atoms with Crippen molar-refractivity contribution in [2.45, 2.75) is 50.2 Å². The van der Waals surface area contributed by atoms with E-state index in [1.807, 2.05) is 6.07 Å². The quantitative estimate of drug-likeness (QED) is 0.567. The van der Waals surface area contributed by atoms with Crippen molar-refractivity contribution in [1.82, 2.24) is 25.0 Å². The van der Waals surface area contributed by atoms with Crippen LogP contribution in [0.25, 0.3) is 0 Å². The molecule has 0 bridgehead atoms. The predicted octanol–water partition coefficient (Wildman–Crippen LogP) is 3.65. The number of nitrogens with one attached hydrogen (secondary N) is 2. The zero-order valence-corrected chi connectivity index (χ0v) is 22.7. The summed E-state index contributed by atoms with van der Waals surface area (Å²) in [5.74, 6) is -1.59. The van der Waals surface area contributed by atoms with E-state index in [9.17, 15) is 18.4 Å². The van der Waals surface area contributed by atoms with Crippen molar-refractivity contribution in [3.63, 3.8) is 0 Å². The third-order valence-electron chi connectivity index (χ3n) is 8.21. The van der Waals surface area contributed by atoms with Crippen LogP contribution in [0.4, 0.5) is 19.3 Å². The molecule has 3 aliphatic rings. The SMILES string of the molecule is C=C1Nc2cnccc2CN1C1CCN(C(=O)N[C@@H]2CC[C@@H](c3cccc(F)c3F)CN(CCOC)C2=O)CC1. The number of carbonyl (C=O) groups excluding carboxylic acids is 2. The molecular formula is C29H36F2N6O3. The molecule has 1 aromatic heterocycles. The first-order chi connectivity index (χ1) is 19.4. The van der Waals surface area contributed by atoms with E-state index < -0.39 is 17.7 Å². The number of piperidine rings is 1. The number of urea groups is 1. The van der Waals surface area contributed by atoms with Crippen molar-refractivity contribution < 1.29 is 23.1 Å². The summed E-state index contributed by atoms with van der Waals surface area (Å²) in [6.45, 7) is 6.85. The Bertz CT molecular complexity index is 1250. The fourth-order valence-corrected chi connectivity index (χ4v) is 5.94. The number of carbonyl (C=O) groups is 2. The summed E-state index contributed by atoms with van der Waals surface area (Å²) < 4.78 is 33.7. The number of aromatic nitrogens is 1. The third kappa shape index (κ3) is 5.89. The number of pyridine rings is 1. The summed E-state index contributed by atoms with van der Waals surface area (Å²) in [5.41, 5.74) is 2.37. The minimum Gasteiger partial charge on any atom is -0.383 e. The summed E-state index contributed by atoms with van der Waals surface area (Å²) >= 11 is 0. The number of benzene rings is 1. The van der Waals surface area contributed by atoms with Crippen LogP contribution in [0.2, 0.25) is 0 Å². The lowest BCUT2D eigenvalue weighted by Gasteiger charge is -2.43. The van der Waals surface area contributed by atoms with Crippen LogP contribution >= 0.6 is 0 Å². The Kier molecular flexibility index (Phi) is 8.49. The van der Waals surface area contributed by atoms with Gasteiger partial charge in [-0.1, -0.05) is 18.7 Å². The highest BCUT2D eigenvalue weighted by molar-refractivity contribution is 5.87. The Balaban J connectivity index is 1.21.